The van der Waals surface area contributed by atoms with Crippen molar-refractivity contribution in [2.24, 2.45) is 0 Å². The molecule has 1 saturated heterocycles. The van der Waals surface area contributed by atoms with Crippen LogP contribution in [0.25, 0.3) is 0 Å². The summed E-state index contributed by atoms with van der Waals surface area (Å²) in [5.74, 6) is 1.88. The van der Waals surface area contributed by atoms with Crippen LogP contribution in [0.1, 0.15) is 42.1 Å². The lowest BCUT2D eigenvalue weighted by atomic mass is 9.96. The first-order chi connectivity index (χ1) is 11.5. The van der Waals surface area contributed by atoms with E-state index in [1.54, 1.807) is 12.1 Å². The van der Waals surface area contributed by atoms with Gasteiger partial charge in [0.2, 0.25) is 0 Å². The van der Waals surface area contributed by atoms with Gasteiger partial charge in [-0.15, -0.1) is 0 Å². The molecule has 1 fully saturated rings. The molecule has 8 heteroatoms. The Labute approximate surface area is 139 Å². The minimum absolute atomic E-state index is 0.000677. The molecule has 24 heavy (non-hydrogen) atoms. The number of nitro benzene ring substituents is 1. The minimum atomic E-state index is -0.752. The molecule has 2 atom stereocenters. The largest absolute Gasteiger partial charge is 0.387 e. The summed E-state index contributed by atoms with van der Waals surface area (Å²) in [6.07, 6.45) is 1.29. The summed E-state index contributed by atoms with van der Waals surface area (Å²) < 4.78 is 0. The summed E-state index contributed by atoms with van der Waals surface area (Å²) in [5.41, 5.74) is 0.569. The average molecular weight is 331 g/mol. The lowest BCUT2D eigenvalue weighted by Crippen LogP contribution is -2.37. The Hall–Kier alpha value is -2.32. The summed E-state index contributed by atoms with van der Waals surface area (Å²) in [7, 11) is 0. The van der Waals surface area contributed by atoms with Crippen molar-refractivity contribution in [3.8, 4) is 0 Å². The number of non-ortho nitro benzene ring substituents is 1. The number of β-amino-alcohol motifs (C(OH)–C–C–N with tert-alkyl or cyclic N) is 1. The average Bonchev–Trinajstić information content (AvgIpc) is 3.02. The Morgan fingerprint density at radius 1 is 1.54 bits per heavy atom. The maximum Gasteiger partial charge on any atom is 0.269 e. The third kappa shape index (κ3) is 3.77. The first-order valence-corrected chi connectivity index (χ1v) is 8.06. The van der Waals surface area contributed by atoms with E-state index in [1.165, 1.54) is 12.1 Å². The molecule has 2 N–H and O–H groups in total. The van der Waals surface area contributed by atoms with Crippen molar-refractivity contribution < 1.29 is 10.0 Å². The molecule has 0 radical (unpaired) electrons. The van der Waals surface area contributed by atoms with E-state index in [0.717, 1.165) is 37.6 Å². The van der Waals surface area contributed by atoms with Crippen LogP contribution in [0, 0.1) is 17.0 Å². The van der Waals surface area contributed by atoms with Gasteiger partial charge in [-0.05, 0) is 31.9 Å². The third-order valence-corrected chi connectivity index (χ3v) is 4.38. The molecule has 1 aliphatic heterocycles. The number of nitro groups is 1. The van der Waals surface area contributed by atoms with Crippen LogP contribution in [-0.4, -0.2) is 49.7 Å². The van der Waals surface area contributed by atoms with Crippen LogP contribution in [0.3, 0.4) is 0 Å². The van der Waals surface area contributed by atoms with Gasteiger partial charge in [0.15, 0.2) is 5.82 Å². The van der Waals surface area contributed by atoms with Gasteiger partial charge in [0.25, 0.3) is 5.69 Å². The topological polar surface area (TPSA) is 108 Å². The predicted molar refractivity (Wildman–Crippen MR) is 87.6 cm³/mol. The number of nitrogens with one attached hydrogen (secondary N) is 1. The predicted octanol–water partition coefficient (Wildman–Crippen LogP) is 1.93. The lowest BCUT2D eigenvalue weighted by molar-refractivity contribution is -0.385. The van der Waals surface area contributed by atoms with Crippen LogP contribution in [0.4, 0.5) is 5.69 Å². The standard InChI is InChI=1S/C16H21N5O3/c1-11-17-16(19-18-11)13-5-3-7-20(9-13)10-15(22)12-4-2-6-14(8-12)21(23)24/h2,4,6,8,13,15,22H,3,5,7,9-10H2,1H3,(H,17,18,19). The van der Waals surface area contributed by atoms with Crippen molar-refractivity contribution in [3.05, 3.63) is 51.6 Å². The van der Waals surface area contributed by atoms with Crippen LogP contribution in [0.2, 0.25) is 0 Å². The van der Waals surface area contributed by atoms with E-state index >= 15 is 0 Å². The number of rotatable bonds is 5. The molecule has 1 aromatic heterocycles. The Balaban J connectivity index is 1.64. The molecule has 2 aromatic rings. The number of benzene rings is 1. The molecule has 0 spiro atoms. The Kier molecular flexibility index (Phi) is 4.86. The molecule has 1 aromatic carbocycles. The second kappa shape index (κ2) is 7.06. The summed E-state index contributed by atoms with van der Waals surface area (Å²) in [5, 5.41) is 28.4. The second-order valence-electron chi connectivity index (χ2n) is 6.25. The molecular weight excluding hydrogens is 310 g/mol. The molecule has 3 rings (SSSR count). The zero-order valence-electron chi connectivity index (χ0n) is 13.6. The van der Waals surface area contributed by atoms with Gasteiger partial charge in [-0.1, -0.05) is 12.1 Å². The van der Waals surface area contributed by atoms with Gasteiger partial charge in [0.05, 0.1) is 11.0 Å². The number of piperidine rings is 1. The van der Waals surface area contributed by atoms with E-state index in [1.807, 2.05) is 6.92 Å². The molecule has 0 saturated carbocycles. The molecule has 8 nitrogen and oxygen atoms in total. The fourth-order valence-electron chi connectivity index (χ4n) is 3.17. The summed E-state index contributed by atoms with van der Waals surface area (Å²) >= 11 is 0. The summed E-state index contributed by atoms with van der Waals surface area (Å²) in [6, 6.07) is 6.19. The molecule has 2 heterocycles. The van der Waals surface area contributed by atoms with Crippen molar-refractivity contribution in [2.75, 3.05) is 19.6 Å². The number of aryl methyl sites for hydroxylation is 1. The van der Waals surface area contributed by atoms with Crippen LogP contribution in [0.5, 0.6) is 0 Å². The number of likely N-dealkylation sites (tertiary alicyclic amines) is 1. The molecular formula is C16H21N5O3. The van der Waals surface area contributed by atoms with Gasteiger partial charge in [0, 0.05) is 31.1 Å². The second-order valence-corrected chi connectivity index (χ2v) is 6.25. The zero-order valence-corrected chi connectivity index (χ0v) is 13.6. The molecule has 0 bridgehead atoms. The smallest absolute Gasteiger partial charge is 0.269 e. The van der Waals surface area contributed by atoms with Gasteiger partial charge in [-0.2, -0.15) is 5.10 Å². The van der Waals surface area contributed by atoms with Crippen molar-refractivity contribution in [1.29, 1.82) is 0 Å². The van der Waals surface area contributed by atoms with Gasteiger partial charge < -0.3 is 5.11 Å². The molecule has 0 aliphatic carbocycles. The summed E-state index contributed by atoms with van der Waals surface area (Å²) in [6.45, 7) is 4.00. The van der Waals surface area contributed by atoms with Gasteiger partial charge in [-0.25, -0.2) is 4.98 Å². The van der Waals surface area contributed by atoms with Crippen LogP contribution in [-0.2, 0) is 0 Å². The van der Waals surface area contributed by atoms with Crippen molar-refractivity contribution in [3.63, 3.8) is 0 Å². The van der Waals surface area contributed by atoms with Gasteiger partial charge in [0.1, 0.15) is 5.82 Å². The SMILES string of the molecule is Cc1nc(C2CCCN(CC(O)c3cccc([N+](=O)[O-])c3)C2)n[nH]1. The van der Waals surface area contributed by atoms with Gasteiger partial charge >= 0.3 is 0 Å². The fourth-order valence-corrected chi connectivity index (χ4v) is 3.17. The highest BCUT2D eigenvalue weighted by Gasteiger charge is 2.26. The van der Waals surface area contributed by atoms with Gasteiger partial charge in [-0.3, -0.25) is 20.1 Å². The van der Waals surface area contributed by atoms with Crippen LogP contribution in [0.15, 0.2) is 24.3 Å². The number of aromatic nitrogens is 3. The Morgan fingerprint density at radius 3 is 3.08 bits per heavy atom. The number of aromatic amines is 1. The van der Waals surface area contributed by atoms with Crippen molar-refractivity contribution in [1.82, 2.24) is 20.1 Å². The van der Waals surface area contributed by atoms with E-state index in [4.69, 9.17) is 0 Å². The zero-order chi connectivity index (χ0) is 17.1. The first kappa shape index (κ1) is 16.5. The van der Waals surface area contributed by atoms with Crippen LogP contribution >= 0.6 is 0 Å². The number of H-pyrrole nitrogens is 1. The lowest BCUT2D eigenvalue weighted by Gasteiger charge is -2.32. The highest BCUT2D eigenvalue weighted by molar-refractivity contribution is 5.35. The molecule has 2 unspecified atom stereocenters. The van der Waals surface area contributed by atoms with Crippen LogP contribution < -0.4 is 0 Å². The number of nitrogens with zero attached hydrogens (tertiary/aromatic N) is 4. The molecule has 0 amide bonds. The van der Waals surface area contributed by atoms with E-state index in [9.17, 15) is 15.2 Å². The maximum atomic E-state index is 10.9. The molecule has 1 aliphatic rings. The number of aliphatic hydroxyl groups is 1. The number of hydrogen-bond acceptors (Lipinski definition) is 6. The van der Waals surface area contributed by atoms with E-state index in [2.05, 4.69) is 20.1 Å². The quantitative estimate of drug-likeness (QED) is 0.640. The van der Waals surface area contributed by atoms with E-state index in [-0.39, 0.29) is 11.6 Å². The highest BCUT2D eigenvalue weighted by Crippen LogP contribution is 2.27. The number of hydrogen-bond donors (Lipinski definition) is 2. The Bertz CT molecular complexity index is 717. The van der Waals surface area contributed by atoms with Crippen molar-refractivity contribution in [2.45, 2.75) is 31.8 Å². The first-order valence-electron chi connectivity index (χ1n) is 8.06. The monoisotopic (exact) mass is 331 g/mol. The minimum Gasteiger partial charge on any atom is -0.387 e. The maximum absolute atomic E-state index is 10.9. The highest BCUT2D eigenvalue weighted by atomic mass is 16.6. The fraction of sp³-hybridized carbons (Fsp3) is 0.500. The van der Waals surface area contributed by atoms with E-state index in [0.29, 0.717) is 12.1 Å². The third-order valence-electron chi connectivity index (χ3n) is 4.38. The van der Waals surface area contributed by atoms with Crippen molar-refractivity contribution >= 4 is 5.69 Å². The molecule has 128 valence electrons. The van der Waals surface area contributed by atoms with E-state index < -0.39 is 11.0 Å². The normalized spacial score (nSPS) is 20.0. The Morgan fingerprint density at radius 2 is 2.38 bits per heavy atom. The number of aliphatic hydroxyl groups excluding tert-OH is 1. The summed E-state index contributed by atoms with van der Waals surface area (Å²) in [4.78, 5) is 17.0.